The van der Waals surface area contributed by atoms with Crippen molar-refractivity contribution >= 4 is 40.7 Å². The van der Waals surface area contributed by atoms with Crippen LogP contribution in [-0.4, -0.2) is 21.0 Å². The molecule has 0 saturated carbocycles. The topological polar surface area (TPSA) is 85.5 Å². The van der Waals surface area contributed by atoms with Gasteiger partial charge in [0.1, 0.15) is 10.8 Å². The highest BCUT2D eigenvalue weighted by molar-refractivity contribution is 8.15. The molecule has 0 fully saturated rings. The van der Waals surface area contributed by atoms with Gasteiger partial charge in [-0.15, -0.1) is 0 Å². The van der Waals surface area contributed by atoms with E-state index in [1.807, 2.05) is 0 Å². The number of aromatic nitrogens is 1. The summed E-state index contributed by atoms with van der Waals surface area (Å²) in [4.78, 5) is 24.3. The molecule has 12 heteroatoms. The van der Waals surface area contributed by atoms with Crippen LogP contribution in [0.3, 0.4) is 0 Å². The number of nitro groups is 1. The Morgan fingerprint density at radius 3 is 2.58 bits per heavy atom. The summed E-state index contributed by atoms with van der Waals surface area (Å²) < 4.78 is 43.2. The van der Waals surface area contributed by atoms with Gasteiger partial charge in [-0.25, -0.2) is 4.98 Å². The molecule has 1 unspecified atom stereocenters. The summed E-state index contributed by atoms with van der Waals surface area (Å²) in [7, 11) is 0. The lowest BCUT2D eigenvalue weighted by atomic mass is 10.3. The molecule has 26 heavy (non-hydrogen) atoms. The molecule has 6 nitrogen and oxygen atoms in total. The average molecular weight is 427 g/mol. The summed E-state index contributed by atoms with van der Waals surface area (Å²) >= 11 is 10.8. The van der Waals surface area contributed by atoms with Crippen molar-refractivity contribution in [2.45, 2.75) is 13.1 Å². The van der Waals surface area contributed by atoms with E-state index in [1.165, 1.54) is 12.1 Å². The molecule has 0 radical (unpaired) electrons. The third-order valence-corrected chi connectivity index (χ3v) is 6.90. The molecule has 0 aliphatic carbocycles. The Labute approximate surface area is 155 Å². The normalized spacial score (nSPS) is 13.9. The van der Waals surface area contributed by atoms with Crippen LogP contribution in [0.2, 0.25) is 5.02 Å². The zero-order chi connectivity index (χ0) is 19.7. The van der Waals surface area contributed by atoms with E-state index in [-0.39, 0.29) is 28.8 Å². The highest BCUT2D eigenvalue weighted by atomic mass is 35.5. The summed E-state index contributed by atoms with van der Waals surface area (Å²) in [5.41, 5.74) is -1.41. The van der Waals surface area contributed by atoms with Gasteiger partial charge in [0, 0.05) is 18.4 Å². The smallest absolute Gasteiger partial charge is 0.417 e. The van der Waals surface area contributed by atoms with Crippen LogP contribution in [0.15, 0.2) is 30.5 Å². The van der Waals surface area contributed by atoms with Crippen LogP contribution in [-0.2, 0) is 18.0 Å². The highest BCUT2D eigenvalue weighted by Crippen LogP contribution is 2.43. The van der Waals surface area contributed by atoms with Crippen molar-refractivity contribution in [2.24, 2.45) is 0 Å². The number of pyridine rings is 1. The average Bonchev–Trinajstić information content (AvgIpc) is 2.55. The predicted molar refractivity (Wildman–Crippen MR) is 94.1 cm³/mol. The first kappa shape index (κ1) is 20.6. The van der Waals surface area contributed by atoms with Gasteiger partial charge in [-0.1, -0.05) is 30.3 Å². The van der Waals surface area contributed by atoms with Crippen molar-refractivity contribution in [1.29, 1.82) is 0 Å². The fraction of sp³-hybridized carbons (Fsp3) is 0.214. The van der Waals surface area contributed by atoms with Gasteiger partial charge in [0.25, 0.3) is 5.69 Å². The molecule has 1 aromatic carbocycles. The number of benzene rings is 1. The number of ether oxygens (including phenoxy) is 1. The Morgan fingerprint density at radius 1 is 1.42 bits per heavy atom. The Kier molecular flexibility index (Phi) is 5.92. The van der Waals surface area contributed by atoms with Crippen molar-refractivity contribution in [3.05, 3.63) is 51.2 Å². The van der Waals surface area contributed by atoms with Crippen LogP contribution in [0.25, 0.3) is 0 Å². The Bertz CT molecular complexity index is 910. The number of nitro benzene ring substituents is 1. The van der Waals surface area contributed by atoms with E-state index in [2.05, 4.69) is 4.98 Å². The first-order valence-corrected chi connectivity index (χ1v) is 10.3. The van der Waals surface area contributed by atoms with E-state index in [9.17, 15) is 28.2 Å². The quantitative estimate of drug-likeness (QED) is 0.431. The van der Waals surface area contributed by atoms with Crippen LogP contribution >= 0.6 is 17.9 Å². The van der Waals surface area contributed by atoms with E-state index < -0.39 is 28.0 Å². The van der Waals surface area contributed by atoms with E-state index in [0.29, 0.717) is 12.3 Å². The molecule has 0 bridgehead atoms. The first-order valence-electron chi connectivity index (χ1n) is 6.97. The lowest BCUT2D eigenvalue weighted by molar-refractivity contribution is -0.383. The molecular formula is C14H11ClF3N2O4PS. The van der Waals surface area contributed by atoms with Crippen LogP contribution in [0.4, 0.5) is 18.9 Å². The van der Waals surface area contributed by atoms with E-state index >= 15 is 0 Å². The molecule has 1 N–H and O–H groups in total. The zero-order valence-electron chi connectivity index (χ0n) is 13.0. The van der Waals surface area contributed by atoms with Crippen LogP contribution in [0.1, 0.15) is 12.5 Å². The predicted octanol–water partition coefficient (Wildman–Crippen LogP) is 4.49. The molecular weight excluding hydrogens is 416 g/mol. The minimum absolute atomic E-state index is 0.00326. The molecule has 140 valence electrons. The second-order valence-electron chi connectivity index (χ2n) is 5.04. The van der Waals surface area contributed by atoms with Crippen molar-refractivity contribution in [2.75, 3.05) is 6.16 Å². The van der Waals surface area contributed by atoms with Gasteiger partial charge in [0.15, 0.2) is 0 Å². The fourth-order valence-corrected chi connectivity index (χ4v) is 3.77. The lowest BCUT2D eigenvalue weighted by Gasteiger charge is -2.15. The maximum atomic E-state index is 12.6. The fourth-order valence-electron chi connectivity index (χ4n) is 1.94. The Hall–Kier alpha value is -1.74. The SMILES string of the molecule is CCP(O)(=S)c1cc(Oc2ncc(C(F)(F)F)cc2Cl)ccc1[N+](=O)[O-]. The van der Waals surface area contributed by atoms with Gasteiger partial charge in [-0.3, -0.25) is 10.1 Å². The minimum Gasteiger partial charge on any atom is -0.438 e. The van der Waals surface area contributed by atoms with Crippen molar-refractivity contribution in [3.8, 4) is 11.6 Å². The minimum atomic E-state index is -4.61. The molecule has 0 aliphatic rings. The number of hydrogen-bond donors (Lipinski definition) is 1. The number of halogens is 4. The van der Waals surface area contributed by atoms with Gasteiger partial charge in [0.2, 0.25) is 5.88 Å². The summed E-state index contributed by atoms with van der Waals surface area (Å²) in [6.45, 7) is 1.59. The van der Waals surface area contributed by atoms with Gasteiger partial charge in [-0.2, -0.15) is 13.2 Å². The second-order valence-corrected chi connectivity index (χ2v) is 9.77. The van der Waals surface area contributed by atoms with Crippen LogP contribution < -0.4 is 10.0 Å². The van der Waals surface area contributed by atoms with Gasteiger partial charge in [0.05, 0.1) is 22.1 Å². The third-order valence-electron chi connectivity index (χ3n) is 3.30. The van der Waals surface area contributed by atoms with Crippen LogP contribution in [0, 0.1) is 10.1 Å². The summed E-state index contributed by atoms with van der Waals surface area (Å²) in [6, 6.07) is 4.13. The monoisotopic (exact) mass is 426 g/mol. The number of alkyl halides is 3. The molecule has 0 saturated heterocycles. The third kappa shape index (κ3) is 4.50. The Morgan fingerprint density at radius 2 is 2.08 bits per heavy atom. The van der Waals surface area contributed by atoms with E-state index in [1.54, 1.807) is 6.92 Å². The molecule has 1 aromatic heterocycles. The van der Waals surface area contributed by atoms with Crippen LogP contribution in [0.5, 0.6) is 11.6 Å². The summed E-state index contributed by atoms with van der Waals surface area (Å²) in [6.07, 6.45) is -7.12. The van der Waals surface area contributed by atoms with E-state index in [0.717, 1.165) is 6.07 Å². The highest BCUT2D eigenvalue weighted by Gasteiger charge is 2.32. The molecule has 1 atom stereocenters. The summed E-state index contributed by atoms with van der Waals surface area (Å²) in [5.74, 6) is -0.321. The maximum Gasteiger partial charge on any atom is 0.417 e. The molecule has 2 aromatic rings. The van der Waals surface area contributed by atoms with Crippen molar-refractivity contribution < 1.29 is 27.7 Å². The molecule has 2 rings (SSSR count). The molecule has 0 spiro atoms. The maximum absolute atomic E-state index is 12.6. The Balaban J connectivity index is 2.44. The van der Waals surface area contributed by atoms with E-state index in [4.69, 9.17) is 28.1 Å². The number of hydrogen-bond acceptors (Lipinski definition) is 5. The zero-order valence-corrected chi connectivity index (χ0v) is 15.5. The van der Waals surface area contributed by atoms with Gasteiger partial charge in [-0.05, 0) is 18.2 Å². The molecule has 1 heterocycles. The second kappa shape index (κ2) is 7.48. The lowest BCUT2D eigenvalue weighted by Crippen LogP contribution is -2.12. The van der Waals surface area contributed by atoms with Crippen molar-refractivity contribution in [3.63, 3.8) is 0 Å². The van der Waals surface area contributed by atoms with Gasteiger partial charge < -0.3 is 9.63 Å². The first-order chi connectivity index (χ1) is 12.0. The van der Waals surface area contributed by atoms with Gasteiger partial charge >= 0.3 is 6.18 Å². The molecule has 0 amide bonds. The number of rotatable bonds is 5. The number of nitrogens with zero attached hydrogens (tertiary/aromatic N) is 2. The van der Waals surface area contributed by atoms with Crippen molar-refractivity contribution in [1.82, 2.24) is 4.98 Å². The largest absolute Gasteiger partial charge is 0.438 e. The molecule has 0 aliphatic heterocycles. The summed E-state index contributed by atoms with van der Waals surface area (Å²) in [5, 5.41) is 10.7. The standard InChI is InChI=1S/C14H11ClF3N2O4PS/c1-2-25(23,26)12-6-9(3-4-11(12)20(21)22)24-13-10(15)5-8(7-19-13)14(16,17)18/h3-7H,2H2,1H3,(H,23,26).